The minimum absolute atomic E-state index is 0.153. The molecular weight excluding hydrogens is 443 g/mol. The molecule has 3 aromatic rings. The first-order chi connectivity index (χ1) is 13.6. The molecule has 8 heteroatoms. The number of thiazole rings is 1. The van der Waals surface area contributed by atoms with Crippen molar-refractivity contribution < 1.29 is 9.18 Å². The van der Waals surface area contributed by atoms with Crippen LogP contribution in [0.15, 0.2) is 52.7 Å². The summed E-state index contributed by atoms with van der Waals surface area (Å²) >= 11 is 4.81. The smallest absolute Gasteiger partial charge is 0.251 e. The standard InChI is InChI=1S/C20H16BrFN4OS/c21-20-24-11-15(28-20)10-23-19(27)16-4-2-1-3-5-18-17(16)12-25-26(18)14-8-6-13(22)7-9-14/h3-9,11-12H,1-2,10H2,(H,23,27). The summed E-state index contributed by atoms with van der Waals surface area (Å²) in [5, 5.41) is 7.40. The van der Waals surface area contributed by atoms with Crippen LogP contribution in [0.2, 0.25) is 0 Å². The number of rotatable bonds is 4. The van der Waals surface area contributed by atoms with Crippen molar-refractivity contribution in [1.29, 1.82) is 0 Å². The Kier molecular flexibility index (Phi) is 5.50. The highest BCUT2D eigenvalue weighted by atomic mass is 79.9. The number of amides is 1. The van der Waals surface area contributed by atoms with Crippen LogP contribution in [0.5, 0.6) is 0 Å². The molecule has 0 spiro atoms. The van der Waals surface area contributed by atoms with Crippen LogP contribution in [0.25, 0.3) is 17.3 Å². The minimum atomic E-state index is -0.302. The van der Waals surface area contributed by atoms with Crippen molar-refractivity contribution in [3.05, 3.63) is 74.7 Å². The van der Waals surface area contributed by atoms with Crippen LogP contribution in [-0.4, -0.2) is 20.7 Å². The molecule has 2 heterocycles. The van der Waals surface area contributed by atoms with Crippen LogP contribution in [0.3, 0.4) is 0 Å². The molecule has 1 N–H and O–H groups in total. The summed E-state index contributed by atoms with van der Waals surface area (Å²) in [5.41, 5.74) is 2.88. The van der Waals surface area contributed by atoms with Gasteiger partial charge < -0.3 is 5.32 Å². The minimum Gasteiger partial charge on any atom is -0.347 e. The summed E-state index contributed by atoms with van der Waals surface area (Å²) in [6.45, 7) is 0.413. The third-order valence-electron chi connectivity index (χ3n) is 4.32. The van der Waals surface area contributed by atoms with Crippen molar-refractivity contribution in [2.75, 3.05) is 0 Å². The van der Waals surface area contributed by atoms with Gasteiger partial charge in [-0.15, -0.1) is 11.3 Å². The summed E-state index contributed by atoms with van der Waals surface area (Å²) in [6.07, 6.45) is 11.0. The molecule has 0 saturated carbocycles. The Hall–Kier alpha value is -2.58. The van der Waals surface area contributed by atoms with Crippen molar-refractivity contribution in [3.63, 3.8) is 0 Å². The second kappa shape index (κ2) is 8.20. The molecule has 1 aromatic carbocycles. The molecule has 0 saturated heterocycles. The van der Waals surface area contributed by atoms with E-state index in [9.17, 15) is 9.18 Å². The Morgan fingerprint density at radius 2 is 2.07 bits per heavy atom. The molecule has 0 atom stereocenters. The molecule has 2 aromatic heterocycles. The Morgan fingerprint density at radius 1 is 1.25 bits per heavy atom. The van der Waals surface area contributed by atoms with Crippen LogP contribution < -0.4 is 5.32 Å². The van der Waals surface area contributed by atoms with E-state index in [1.807, 2.05) is 12.2 Å². The maximum Gasteiger partial charge on any atom is 0.251 e. The number of fused-ring (bicyclic) bond motifs is 1. The van der Waals surface area contributed by atoms with Gasteiger partial charge >= 0.3 is 0 Å². The molecule has 28 heavy (non-hydrogen) atoms. The van der Waals surface area contributed by atoms with Crippen molar-refractivity contribution in [2.45, 2.75) is 19.4 Å². The Morgan fingerprint density at radius 3 is 2.82 bits per heavy atom. The zero-order chi connectivity index (χ0) is 19.5. The van der Waals surface area contributed by atoms with E-state index >= 15 is 0 Å². The zero-order valence-corrected chi connectivity index (χ0v) is 17.1. The number of nitrogens with zero attached hydrogens (tertiary/aromatic N) is 3. The summed E-state index contributed by atoms with van der Waals surface area (Å²) < 4.78 is 15.8. The monoisotopic (exact) mass is 458 g/mol. The number of halogens is 2. The second-order valence-corrected chi connectivity index (χ2v) is 8.58. The Bertz CT molecular complexity index is 1070. The first-order valence-corrected chi connectivity index (χ1v) is 10.3. The van der Waals surface area contributed by atoms with E-state index < -0.39 is 0 Å². The predicted octanol–water partition coefficient (Wildman–Crippen LogP) is 4.74. The van der Waals surface area contributed by atoms with Gasteiger partial charge in [0.05, 0.1) is 24.1 Å². The quantitative estimate of drug-likeness (QED) is 0.614. The van der Waals surface area contributed by atoms with E-state index in [1.165, 1.54) is 23.5 Å². The average Bonchev–Trinajstić information content (AvgIpc) is 3.27. The summed E-state index contributed by atoms with van der Waals surface area (Å²) in [4.78, 5) is 18.0. The number of allylic oxidation sites excluding steroid dienone is 2. The first kappa shape index (κ1) is 18.8. The van der Waals surface area contributed by atoms with Gasteiger partial charge in [0.15, 0.2) is 3.92 Å². The molecule has 0 aliphatic heterocycles. The van der Waals surface area contributed by atoms with Crippen molar-refractivity contribution in [2.24, 2.45) is 0 Å². The lowest BCUT2D eigenvalue weighted by Crippen LogP contribution is -2.23. The molecule has 142 valence electrons. The van der Waals surface area contributed by atoms with Crippen LogP contribution in [-0.2, 0) is 11.3 Å². The fourth-order valence-corrected chi connectivity index (χ4v) is 4.28. The topological polar surface area (TPSA) is 59.8 Å². The molecule has 1 aliphatic carbocycles. The van der Waals surface area contributed by atoms with Gasteiger partial charge in [0.2, 0.25) is 0 Å². The molecule has 1 aliphatic rings. The Balaban J connectivity index is 1.63. The number of carbonyl (C=O) groups is 1. The molecule has 5 nitrogen and oxygen atoms in total. The van der Waals surface area contributed by atoms with Gasteiger partial charge in [-0.1, -0.05) is 12.2 Å². The first-order valence-electron chi connectivity index (χ1n) is 8.71. The fourth-order valence-electron chi connectivity index (χ4n) is 2.99. The number of hydrogen-bond acceptors (Lipinski definition) is 4. The number of hydrogen-bond donors (Lipinski definition) is 1. The largest absolute Gasteiger partial charge is 0.347 e. The van der Waals surface area contributed by atoms with Gasteiger partial charge in [0, 0.05) is 22.2 Å². The maximum atomic E-state index is 13.3. The van der Waals surface area contributed by atoms with Crippen LogP contribution >= 0.6 is 27.3 Å². The van der Waals surface area contributed by atoms with Crippen LogP contribution in [0.1, 0.15) is 29.0 Å². The van der Waals surface area contributed by atoms with E-state index in [2.05, 4.69) is 37.4 Å². The van der Waals surface area contributed by atoms with Crippen LogP contribution in [0, 0.1) is 5.82 Å². The lowest BCUT2D eigenvalue weighted by Gasteiger charge is -2.12. The lowest BCUT2D eigenvalue weighted by molar-refractivity contribution is -0.115. The van der Waals surface area contributed by atoms with E-state index in [1.54, 1.807) is 29.2 Å². The van der Waals surface area contributed by atoms with Crippen molar-refractivity contribution in [3.8, 4) is 5.69 Å². The summed E-state index contributed by atoms with van der Waals surface area (Å²) in [5.74, 6) is -0.455. The average molecular weight is 459 g/mol. The number of nitrogens with one attached hydrogen (secondary N) is 1. The van der Waals surface area contributed by atoms with E-state index in [0.717, 1.165) is 38.6 Å². The van der Waals surface area contributed by atoms with Crippen LogP contribution in [0.4, 0.5) is 4.39 Å². The molecule has 0 radical (unpaired) electrons. The molecule has 4 rings (SSSR count). The van der Waals surface area contributed by atoms with Crippen molar-refractivity contribution >= 4 is 44.8 Å². The molecular formula is C20H16BrFN4OS. The summed E-state index contributed by atoms with van der Waals surface area (Å²) in [7, 11) is 0. The summed E-state index contributed by atoms with van der Waals surface area (Å²) in [6, 6.07) is 6.13. The number of aromatic nitrogens is 3. The molecule has 0 fully saturated rings. The highest BCUT2D eigenvalue weighted by Gasteiger charge is 2.20. The molecule has 0 unspecified atom stereocenters. The fraction of sp³-hybridized carbons (Fsp3) is 0.150. The third kappa shape index (κ3) is 3.98. The van der Waals surface area contributed by atoms with Gasteiger partial charge in [-0.3, -0.25) is 4.79 Å². The number of benzene rings is 1. The lowest BCUT2D eigenvalue weighted by atomic mass is 10.0. The van der Waals surface area contributed by atoms with Gasteiger partial charge in [-0.05, 0) is 59.1 Å². The second-order valence-electron chi connectivity index (χ2n) is 6.19. The van der Waals surface area contributed by atoms with Gasteiger partial charge in [-0.2, -0.15) is 5.10 Å². The highest BCUT2D eigenvalue weighted by molar-refractivity contribution is 9.11. The van der Waals surface area contributed by atoms with Crippen molar-refractivity contribution in [1.82, 2.24) is 20.1 Å². The zero-order valence-electron chi connectivity index (χ0n) is 14.7. The van der Waals surface area contributed by atoms with E-state index in [0.29, 0.717) is 12.1 Å². The highest BCUT2D eigenvalue weighted by Crippen LogP contribution is 2.27. The SMILES string of the molecule is O=C(NCc1cnc(Br)s1)C1=CCCC=Cc2c1cnn2-c1ccc(F)cc1. The molecule has 1 amide bonds. The predicted molar refractivity (Wildman–Crippen MR) is 111 cm³/mol. The maximum absolute atomic E-state index is 13.3. The molecule has 0 bridgehead atoms. The number of carbonyl (C=O) groups excluding carboxylic acids is 1. The Labute approximate surface area is 173 Å². The van der Waals surface area contributed by atoms with E-state index in [4.69, 9.17) is 0 Å². The van der Waals surface area contributed by atoms with Gasteiger partial charge in [0.1, 0.15) is 5.82 Å². The third-order valence-corrected chi connectivity index (χ3v) is 5.79. The van der Waals surface area contributed by atoms with E-state index in [-0.39, 0.29) is 11.7 Å². The van der Waals surface area contributed by atoms with Gasteiger partial charge in [0.25, 0.3) is 5.91 Å². The normalized spacial score (nSPS) is 13.4. The van der Waals surface area contributed by atoms with Gasteiger partial charge in [-0.25, -0.2) is 14.1 Å².